The van der Waals surface area contributed by atoms with Gasteiger partial charge in [-0.3, -0.25) is 0 Å². The van der Waals surface area contributed by atoms with Gasteiger partial charge in [0.2, 0.25) is 0 Å². The van der Waals surface area contributed by atoms with Gasteiger partial charge < -0.3 is 14.3 Å². The fourth-order valence-electron chi connectivity index (χ4n) is 1.79. The van der Waals surface area contributed by atoms with Crippen LogP contribution in [-0.2, 0) is 16.1 Å². The summed E-state index contributed by atoms with van der Waals surface area (Å²) in [6.07, 6.45) is 1.05. The van der Waals surface area contributed by atoms with E-state index in [9.17, 15) is 9.18 Å². The van der Waals surface area contributed by atoms with Gasteiger partial charge in [-0.05, 0) is 12.0 Å². The first kappa shape index (κ1) is 13.6. The highest BCUT2D eigenvalue weighted by molar-refractivity contribution is 5.53. The Labute approximate surface area is 101 Å². The lowest BCUT2D eigenvalue weighted by atomic mass is 9.95. The number of halogens is 1. The quantitative estimate of drug-likeness (QED) is 0.717. The van der Waals surface area contributed by atoms with Crippen molar-refractivity contribution >= 4 is 6.29 Å². The Hall–Kier alpha value is -1.42. The van der Waals surface area contributed by atoms with E-state index in [0.29, 0.717) is 16.9 Å². The van der Waals surface area contributed by atoms with E-state index in [1.807, 2.05) is 0 Å². The summed E-state index contributed by atoms with van der Waals surface area (Å²) >= 11 is 0. The zero-order chi connectivity index (χ0) is 12.8. The Balaban J connectivity index is 3.21. The van der Waals surface area contributed by atoms with E-state index in [-0.39, 0.29) is 24.8 Å². The second kappa shape index (κ2) is 6.35. The molecular formula is C13H17FO3. The minimum Gasteiger partial charge on any atom is -0.496 e. The van der Waals surface area contributed by atoms with Gasteiger partial charge >= 0.3 is 0 Å². The Morgan fingerprint density at radius 1 is 1.41 bits per heavy atom. The molecule has 1 atom stereocenters. The maximum absolute atomic E-state index is 14.2. The molecule has 0 aliphatic heterocycles. The maximum Gasteiger partial charge on any atom is 0.135 e. The molecule has 1 aromatic carbocycles. The first-order valence-electron chi connectivity index (χ1n) is 5.43. The summed E-state index contributed by atoms with van der Waals surface area (Å²) in [7, 11) is 3.00. The van der Waals surface area contributed by atoms with Crippen LogP contribution in [0.2, 0.25) is 0 Å². The summed E-state index contributed by atoms with van der Waals surface area (Å²) in [6, 6.07) is 3.34. The molecule has 0 saturated carbocycles. The topological polar surface area (TPSA) is 35.5 Å². The number of benzene rings is 1. The molecule has 0 fully saturated rings. The predicted molar refractivity (Wildman–Crippen MR) is 62.8 cm³/mol. The van der Waals surface area contributed by atoms with E-state index in [0.717, 1.165) is 6.29 Å². The standard InChI is InChI=1S/C13H17FO3/c1-9(6-7-15)12-11(17-3)5-4-10(8-16-2)13(12)14/h4-5,7,9H,6,8H2,1-3H3. The third kappa shape index (κ3) is 3.03. The predicted octanol–water partition coefficient (Wildman–Crippen LogP) is 2.67. The van der Waals surface area contributed by atoms with Crippen LogP contribution in [0, 0.1) is 5.82 Å². The fourth-order valence-corrected chi connectivity index (χ4v) is 1.79. The van der Waals surface area contributed by atoms with Gasteiger partial charge in [-0.15, -0.1) is 0 Å². The zero-order valence-corrected chi connectivity index (χ0v) is 10.3. The van der Waals surface area contributed by atoms with Gasteiger partial charge in [-0.2, -0.15) is 0 Å². The highest BCUT2D eigenvalue weighted by Crippen LogP contribution is 2.32. The smallest absolute Gasteiger partial charge is 0.135 e. The van der Waals surface area contributed by atoms with Crippen molar-refractivity contribution in [3.05, 3.63) is 29.1 Å². The van der Waals surface area contributed by atoms with E-state index in [1.54, 1.807) is 19.1 Å². The minimum absolute atomic E-state index is 0.205. The van der Waals surface area contributed by atoms with Gasteiger partial charge in [0.05, 0.1) is 13.7 Å². The first-order valence-corrected chi connectivity index (χ1v) is 5.43. The minimum atomic E-state index is -0.347. The highest BCUT2D eigenvalue weighted by Gasteiger charge is 2.19. The molecule has 0 aromatic heterocycles. The van der Waals surface area contributed by atoms with Crippen LogP contribution in [0.15, 0.2) is 12.1 Å². The van der Waals surface area contributed by atoms with E-state index in [1.165, 1.54) is 14.2 Å². The van der Waals surface area contributed by atoms with E-state index >= 15 is 0 Å². The molecule has 1 aromatic rings. The van der Waals surface area contributed by atoms with E-state index in [4.69, 9.17) is 9.47 Å². The van der Waals surface area contributed by atoms with Crippen LogP contribution in [-0.4, -0.2) is 20.5 Å². The second-order valence-corrected chi connectivity index (χ2v) is 3.89. The van der Waals surface area contributed by atoms with E-state index in [2.05, 4.69) is 0 Å². The Morgan fingerprint density at radius 3 is 2.65 bits per heavy atom. The number of carbonyl (C=O) groups excluding carboxylic acids is 1. The van der Waals surface area contributed by atoms with Crippen molar-refractivity contribution in [3.63, 3.8) is 0 Å². The van der Waals surface area contributed by atoms with Crippen LogP contribution in [0.1, 0.15) is 30.4 Å². The van der Waals surface area contributed by atoms with Gasteiger partial charge in [0, 0.05) is 24.7 Å². The van der Waals surface area contributed by atoms with Crippen molar-refractivity contribution in [2.45, 2.75) is 25.9 Å². The number of hydrogen-bond acceptors (Lipinski definition) is 3. The van der Waals surface area contributed by atoms with Crippen LogP contribution < -0.4 is 4.74 Å². The largest absolute Gasteiger partial charge is 0.496 e. The molecule has 1 unspecified atom stereocenters. The van der Waals surface area contributed by atoms with Crippen LogP contribution >= 0.6 is 0 Å². The third-order valence-corrected chi connectivity index (χ3v) is 2.68. The summed E-state index contributed by atoms with van der Waals surface area (Å²) < 4.78 is 24.3. The normalized spacial score (nSPS) is 12.2. The summed E-state index contributed by atoms with van der Waals surface area (Å²) in [6.45, 7) is 2.00. The molecule has 0 bridgehead atoms. The van der Waals surface area contributed by atoms with Gasteiger partial charge in [-0.1, -0.05) is 13.0 Å². The zero-order valence-electron chi connectivity index (χ0n) is 10.3. The van der Waals surface area contributed by atoms with Crippen LogP contribution in [0.3, 0.4) is 0 Å². The molecule has 0 saturated heterocycles. The lowest BCUT2D eigenvalue weighted by molar-refractivity contribution is -0.108. The highest BCUT2D eigenvalue weighted by atomic mass is 19.1. The van der Waals surface area contributed by atoms with Gasteiger partial charge in [0.15, 0.2) is 0 Å². The first-order chi connectivity index (χ1) is 8.15. The summed E-state index contributed by atoms with van der Waals surface area (Å²) in [5.74, 6) is -0.0866. The van der Waals surface area contributed by atoms with Crippen molar-refractivity contribution in [3.8, 4) is 5.75 Å². The number of rotatable bonds is 6. The molecule has 0 N–H and O–H groups in total. The van der Waals surface area contributed by atoms with Crippen molar-refractivity contribution in [2.24, 2.45) is 0 Å². The number of methoxy groups -OCH3 is 2. The van der Waals surface area contributed by atoms with Gasteiger partial charge in [0.1, 0.15) is 17.9 Å². The average molecular weight is 240 g/mol. The van der Waals surface area contributed by atoms with Crippen molar-refractivity contribution in [1.29, 1.82) is 0 Å². The van der Waals surface area contributed by atoms with Crippen LogP contribution in [0.25, 0.3) is 0 Å². The van der Waals surface area contributed by atoms with Gasteiger partial charge in [0.25, 0.3) is 0 Å². The molecule has 0 heterocycles. The molecule has 17 heavy (non-hydrogen) atoms. The molecule has 94 valence electrons. The molecule has 0 spiro atoms. The fraction of sp³-hybridized carbons (Fsp3) is 0.462. The lowest BCUT2D eigenvalue weighted by Gasteiger charge is -2.16. The molecule has 1 rings (SSSR count). The average Bonchev–Trinajstić information content (AvgIpc) is 2.31. The van der Waals surface area contributed by atoms with Crippen molar-refractivity contribution in [1.82, 2.24) is 0 Å². The summed E-state index contributed by atoms with van der Waals surface area (Å²) in [4.78, 5) is 10.5. The molecule has 0 amide bonds. The van der Waals surface area contributed by atoms with E-state index < -0.39 is 0 Å². The molecule has 0 aliphatic carbocycles. The number of carbonyl (C=O) groups is 1. The molecule has 0 radical (unpaired) electrons. The number of aldehydes is 1. The Kier molecular flexibility index (Phi) is 5.10. The van der Waals surface area contributed by atoms with Crippen LogP contribution in [0.5, 0.6) is 5.75 Å². The molecule has 4 heteroatoms. The Morgan fingerprint density at radius 2 is 2.12 bits per heavy atom. The summed E-state index contributed by atoms with van der Waals surface area (Å²) in [5, 5.41) is 0. The van der Waals surface area contributed by atoms with Crippen LogP contribution in [0.4, 0.5) is 4.39 Å². The monoisotopic (exact) mass is 240 g/mol. The number of ether oxygens (including phenoxy) is 2. The molecule has 0 aliphatic rings. The lowest BCUT2D eigenvalue weighted by Crippen LogP contribution is -2.05. The second-order valence-electron chi connectivity index (χ2n) is 3.89. The maximum atomic E-state index is 14.2. The van der Waals surface area contributed by atoms with Crippen molar-refractivity contribution < 1.29 is 18.7 Å². The summed E-state index contributed by atoms with van der Waals surface area (Å²) in [5.41, 5.74) is 0.912. The third-order valence-electron chi connectivity index (χ3n) is 2.68. The molecule has 3 nitrogen and oxygen atoms in total. The SMILES string of the molecule is COCc1ccc(OC)c(C(C)CC=O)c1F. The number of hydrogen-bond donors (Lipinski definition) is 0. The van der Waals surface area contributed by atoms with Crippen molar-refractivity contribution in [2.75, 3.05) is 14.2 Å². The van der Waals surface area contributed by atoms with Gasteiger partial charge in [-0.25, -0.2) is 4.39 Å². The molecular weight excluding hydrogens is 223 g/mol. The Bertz CT molecular complexity index is 390.